The van der Waals surface area contributed by atoms with Crippen molar-refractivity contribution in [2.45, 2.75) is 37.4 Å². The van der Waals surface area contributed by atoms with Gasteiger partial charge in [0.1, 0.15) is 17.9 Å². The summed E-state index contributed by atoms with van der Waals surface area (Å²) in [5.74, 6) is 2.97. The van der Waals surface area contributed by atoms with Crippen LogP contribution < -0.4 is 10.5 Å². The lowest BCUT2D eigenvalue weighted by Gasteiger charge is -2.43. The summed E-state index contributed by atoms with van der Waals surface area (Å²) in [5.41, 5.74) is 6.81. The van der Waals surface area contributed by atoms with Gasteiger partial charge >= 0.3 is 0 Å². The van der Waals surface area contributed by atoms with Gasteiger partial charge in [0.25, 0.3) is 0 Å². The third-order valence-corrected chi connectivity index (χ3v) is 5.26. The van der Waals surface area contributed by atoms with Crippen LogP contribution >= 0.6 is 11.8 Å². The van der Waals surface area contributed by atoms with Gasteiger partial charge in [0.05, 0.1) is 17.8 Å². The zero-order valence-corrected chi connectivity index (χ0v) is 12.8. The van der Waals surface area contributed by atoms with E-state index in [1.807, 2.05) is 11.8 Å². The SMILES string of the molecule is N#Cc1cc(N)ccc1OC1CCOC2(CCSCC2)C1. The maximum absolute atomic E-state index is 9.20. The third-order valence-electron chi connectivity index (χ3n) is 4.27. The van der Waals surface area contributed by atoms with Gasteiger partial charge in [-0.3, -0.25) is 0 Å². The maximum atomic E-state index is 9.20. The molecule has 1 aromatic carbocycles. The molecule has 1 aromatic rings. The summed E-state index contributed by atoms with van der Waals surface area (Å²) in [5, 5.41) is 9.20. The molecule has 5 heteroatoms. The average molecular weight is 304 g/mol. The van der Waals surface area contributed by atoms with Crippen LogP contribution in [0, 0.1) is 11.3 Å². The van der Waals surface area contributed by atoms with Gasteiger partial charge in [0.2, 0.25) is 0 Å². The first kappa shape index (κ1) is 14.6. The van der Waals surface area contributed by atoms with Crippen LogP contribution in [-0.2, 0) is 4.74 Å². The average Bonchev–Trinajstić information content (AvgIpc) is 2.50. The molecule has 0 radical (unpaired) electrons. The van der Waals surface area contributed by atoms with E-state index in [1.165, 1.54) is 0 Å². The van der Waals surface area contributed by atoms with Gasteiger partial charge in [-0.2, -0.15) is 17.0 Å². The standard InChI is InChI=1S/C16H20N2O2S/c17-11-12-9-13(18)1-2-15(12)20-14-3-6-19-16(10-14)4-7-21-8-5-16/h1-2,9,14H,3-8,10,18H2. The molecule has 2 N–H and O–H groups in total. The molecule has 0 aromatic heterocycles. The van der Waals surface area contributed by atoms with Crippen molar-refractivity contribution < 1.29 is 9.47 Å². The second-order valence-electron chi connectivity index (χ2n) is 5.74. The number of thioether (sulfide) groups is 1. The summed E-state index contributed by atoms with van der Waals surface area (Å²) in [6.07, 6.45) is 4.12. The smallest absolute Gasteiger partial charge is 0.137 e. The minimum Gasteiger partial charge on any atom is -0.489 e. The van der Waals surface area contributed by atoms with Crippen molar-refractivity contribution in [3.05, 3.63) is 23.8 Å². The highest BCUT2D eigenvalue weighted by molar-refractivity contribution is 7.99. The zero-order chi connectivity index (χ0) is 14.7. The lowest BCUT2D eigenvalue weighted by Crippen LogP contribution is -2.46. The summed E-state index contributed by atoms with van der Waals surface area (Å²) in [7, 11) is 0. The van der Waals surface area contributed by atoms with E-state index >= 15 is 0 Å². The molecular formula is C16H20N2O2S. The van der Waals surface area contributed by atoms with Crippen LogP contribution in [0.15, 0.2) is 18.2 Å². The Labute approximate surface area is 129 Å². The van der Waals surface area contributed by atoms with E-state index in [9.17, 15) is 5.26 Å². The molecule has 0 aliphatic carbocycles. The summed E-state index contributed by atoms with van der Waals surface area (Å²) in [6.45, 7) is 0.742. The second kappa shape index (κ2) is 6.17. The van der Waals surface area contributed by atoms with Gasteiger partial charge in [0.15, 0.2) is 0 Å². The largest absolute Gasteiger partial charge is 0.489 e. The van der Waals surface area contributed by atoms with Crippen LogP contribution in [0.2, 0.25) is 0 Å². The number of nitrogen functional groups attached to an aromatic ring is 1. The number of nitrogens with two attached hydrogens (primary N) is 1. The van der Waals surface area contributed by atoms with Gasteiger partial charge in [-0.05, 0) is 42.5 Å². The lowest BCUT2D eigenvalue weighted by molar-refractivity contribution is -0.116. The number of nitriles is 1. The topological polar surface area (TPSA) is 68.3 Å². The Hall–Kier alpha value is -1.38. The van der Waals surface area contributed by atoms with Crippen LogP contribution in [0.1, 0.15) is 31.2 Å². The Kier molecular flexibility index (Phi) is 4.27. The Bertz CT molecular complexity index is 544. The number of benzene rings is 1. The van der Waals surface area contributed by atoms with Crippen LogP contribution in [0.3, 0.4) is 0 Å². The number of anilines is 1. The van der Waals surface area contributed by atoms with E-state index in [-0.39, 0.29) is 11.7 Å². The molecule has 2 fully saturated rings. The van der Waals surface area contributed by atoms with Gasteiger partial charge in [-0.1, -0.05) is 0 Å². The highest BCUT2D eigenvalue weighted by atomic mass is 32.2. The predicted octanol–water partition coefficient (Wildman–Crippen LogP) is 2.96. The number of rotatable bonds is 2. The van der Waals surface area contributed by atoms with Crippen molar-refractivity contribution >= 4 is 17.4 Å². The summed E-state index contributed by atoms with van der Waals surface area (Å²) in [4.78, 5) is 0. The quantitative estimate of drug-likeness (QED) is 0.851. The van der Waals surface area contributed by atoms with Crippen LogP contribution in [0.5, 0.6) is 5.75 Å². The van der Waals surface area contributed by atoms with E-state index in [1.54, 1.807) is 18.2 Å². The van der Waals surface area contributed by atoms with E-state index < -0.39 is 0 Å². The molecule has 1 atom stereocenters. The van der Waals surface area contributed by atoms with Crippen LogP contribution in [0.4, 0.5) is 5.69 Å². The number of hydrogen-bond acceptors (Lipinski definition) is 5. The van der Waals surface area contributed by atoms with Gasteiger partial charge in [-0.15, -0.1) is 0 Å². The molecule has 0 amide bonds. The third kappa shape index (κ3) is 3.28. The molecule has 3 rings (SSSR count). The number of ether oxygens (including phenoxy) is 2. The molecule has 2 aliphatic rings. The van der Waals surface area contributed by atoms with Crippen molar-refractivity contribution in [3.63, 3.8) is 0 Å². The summed E-state index contributed by atoms with van der Waals surface area (Å²) < 4.78 is 12.2. The zero-order valence-electron chi connectivity index (χ0n) is 12.0. The molecule has 2 heterocycles. The van der Waals surface area contributed by atoms with Crippen LogP contribution in [-0.4, -0.2) is 29.8 Å². The Morgan fingerprint density at radius 1 is 1.38 bits per heavy atom. The lowest BCUT2D eigenvalue weighted by atomic mass is 9.86. The molecule has 0 saturated carbocycles. The second-order valence-corrected chi connectivity index (χ2v) is 6.97. The summed E-state index contributed by atoms with van der Waals surface area (Å²) in [6, 6.07) is 7.40. The molecule has 1 spiro atoms. The fourth-order valence-electron chi connectivity index (χ4n) is 3.09. The maximum Gasteiger partial charge on any atom is 0.137 e. The molecule has 2 aliphatic heterocycles. The fraction of sp³-hybridized carbons (Fsp3) is 0.562. The highest BCUT2D eigenvalue weighted by Crippen LogP contribution is 2.39. The van der Waals surface area contributed by atoms with Crippen molar-refractivity contribution in [2.24, 2.45) is 0 Å². The Morgan fingerprint density at radius 3 is 2.95 bits per heavy atom. The Morgan fingerprint density at radius 2 is 2.19 bits per heavy atom. The molecule has 2 saturated heterocycles. The van der Waals surface area contributed by atoms with Crippen molar-refractivity contribution in [1.82, 2.24) is 0 Å². The van der Waals surface area contributed by atoms with E-state index in [0.717, 1.165) is 43.8 Å². The van der Waals surface area contributed by atoms with Crippen LogP contribution in [0.25, 0.3) is 0 Å². The fourth-order valence-corrected chi connectivity index (χ4v) is 4.33. The molecule has 0 bridgehead atoms. The van der Waals surface area contributed by atoms with E-state index in [4.69, 9.17) is 15.2 Å². The minimum absolute atomic E-state index is 0.00518. The van der Waals surface area contributed by atoms with E-state index in [0.29, 0.717) is 17.0 Å². The number of nitrogens with zero attached hydrogens (tertiary/aromatic N) is 1. The first-order chi connectivity index (χ1) is 10.2. The molecule has 21 heavy (non-hydrogen) atoms. The van der Waals surface area contributed by atoms with Crippen molar-refractivity contribution in [3.8, 4) is 11.8 Å². The van der Waals surface area contributed by atoms with Gasteiger partial charge < -0.3 is 15.2 Å². The minimum atomic E-state index is -0.00518. The molecule has 4 nitrogen and oxygen atoms in total. The van der Waals surface area contributed by atoms with Crippen molar-refractivity contribution in [1.29, 1.82) is 5.26 Å². The molecular weight excluding hydrogens is 284 g/mol. The summed E-state index contributed by atoms with van der Waals surface area (Å²) >= 11 is 2.00. The normalized spacial score (nSPS) is 24.4. The number of hydrogen-bond donors (Lipinski definition) is 1. The monoisotopic (exact) mass is 304 g/mol. The predicted molar refractivity (Wildman–Crippen MR) is 84.5 cm³/mol. The first-order valence-corrected chi connectivity index (χ1v) is 8.54. The Balaban J connectivity index is 1.71. The van der Waals surface area contributed by atoms with Gasteiger partial charge in [0, 0.05) is 18.5 Å². The van der Waals surface area contributed by atoms with Crippen molar-refractivity contribution in [2.75, 3.05) is 23.8 Å². The van der Waals surface area contributed by atoms with E-state index in [2.05, 4.69) is 6.07 Å². The van der Waals surface area contributed by atoms with Gasteiger partial charge in [-0.25, -0.2) is 0 Å². The first-order valence-electron chi connectivity index (χ1n) is 7.39. The molecule has 1 unspecified atom stereocenters. The molecule has 112 valence electrons. The highest BCUT2D eigenvalue weighted by Gasteiger charge is 2.39.